The molecule has 0 saturated carbocycles. The monoisotopic (exact) mass is 274 g/mol. The van der Waals surface area contributed by atoms with Gasteiger partial charge in [-0.15, -0.1) is 0 Å². The second-order valence-corrected chi connectivity index (χ2v) is 5.42. The Balaban J connectivity index is 1.93. The molecule has 2 N–H and O–H groups in total. The number of carbonyl (C=O) groups is 1. The fourth-order valence-corrected chi connectivity index (χ4v) is 1.57. The molecule has 2 heterocycles. The lowest BCUT2D eigenvalue weighted by Gasteiger charge is -2.20. The van der Waals surface area contributed by atoms with E-state index in [9.17, 15) is 4.79 Å². The Kier molecular flexibility index (Phi) is 4.02. The Morgan fingerprint density at radius 2 is 2.10 bits per heavy atom. The van der Waals surface area contributed by atoms with Crippen molar-refractivity contribution in [2.24, 2.45) is 0 Å². The highest BCUT2D eigenvalue weighted by atomic mass is 16.3. The number of rotatable bonds is 4. The van der Waals surface area contributed by atoms with E-state index < -0.39 is 0 Å². The molecule has 2 aromatic heterocycles. The van der Waals surface area contributed by atoms with Crippen molar-refractivity contribution in [1.29, 1.82) is 0 Å². The van der Waals surface area contributed by atoms with Crippen LogP contribution in [0.1, 0.15) is 37.0 Å². The van der Waals surface area contributed by atoms with E-state index in [1.807, 2.05) is 20.8 Å². The molecule has 0 aliphatic carbocycles. The van der Waals surface area contributed by atoms with Gasteiger partial charge < -0.3 is 15.1 Å². The van der Waals surface area contributed by atoms with Gasteiger partial charge in [0.05, 0.1) is 25.2 Å². The molecule has 0 radical (unpaired) electrons. The first-order valence-electron chi connectivity index (χ1n) is 6.35. The number of hydrogen-bond donors (Lipinski definition) is 2. The second-order valence-electron chi connectivity index (χ2n) is 5.42. The van der Waals surface area contributed by atoms with Crippen LogP contribution >= 0.6 is 0 Å². The van der Waals surface area contributed by atoms with E-state index >= 15 is 0 Å². The minimum atomic E-state index is -0.281. The van der Waals surface area contributed by atoms with Gasteiger partial charge in [-0.05, 0) is 32.9 Å². The van der Waals surface area contributed by atoms with Gasteiger partial charge in [-0.3, -0.25) is 4.79 Å². The summed E-state index contributed by atoms with van der Waals surface area (Å²) < 4.78 is 5.13. The average Bonchev–Trinajstić information content (AvgIpc) is 2.88. The molecule has 0 saturated heterocycles. The third-order valence-corrected chi connectivity index (χ3v) is 2.39. The maximum Gasteiger partial charge on any atom is 0.271 e. The van der Waals surface area contributed by atoms with Crippen LogP contribution in [0.3, 0.4) is 0 Å². The smallest absolute Gasteiger partial charge is 0.271 e. The molecular formula is C14H18N4O2. The second kappa shape index (κ2) is 5.73. The van der Waals surface area contributed by atoms with Crippen molar-refractivity contribution < 1.29 is 9.21 Å². The van der Waals surface area contributed by atoms with Crippen molar-refractivity contribution in [3.05, 3.63) is 42.2 Å². The molecule has 0 unspecified atom stereocenters. The standard InChI is InChI=1S/C14H18N4O2/c1-14(2,3)18-12-9-15-11(8-16-12)13(19)17-7-10-5-4-6-20-10/h4-6,8-9H,7H2,1-3H3,(H,16,18)(H,17,19). The molecule has 106 valence electrons. The normalized spacial score (nSPS) is 11.2. The summed E-state index contributed by atoms with van der Waals surface area (Å²) >= 11 is 0. The number of carbonyl (C=O) groups excluding carboxylic acids is 1. The summed E-state index contributed by atoms with van der Waals surface area (Å²) in [5, 5.41) is 5.89. The Morgan fingerprint density at radius 3 is 2.65 bits per heavy atom. The highest BCUT2D eigenvalue weighted by molar-refractivity contribution is 5.91. The van der Waals surface area contributed by atoms with E-state index in [0.717, 1.165) is 0 Å². The predicted octanol–water partition coefficient (Wildman–Crippen LogP) is 2.21. The van der Waals surface area contributed by atoms with Crippen molar-refractivity contribution >= 4 is 11.7 Å². The molecule has 1 amide bonds. The van der Waals surface area contributed by atoms with Crippen molar-refractivity contribution in [2.75, 3.05) is 5.32 Å². The molecule has 0 bridgehead atoms. The van der Waals surface area contributed by atoms with Gasteiger partial charge in [0.25, 0.3) is 5.91 Å². The molecule has 0 atom stereocenters. The summed E-state index contributed by atoms with van der Waals surface area (Å²) in [6.45, 7) is 6.41. The summed E-state index contributed by atoms with van der Waals surface area (Å²) in [5.41, 5.74) is 0.175. The summed E-state index contributed by atoms with van der Waals surface area (Å²) in [6.07, 6.45) is 4.56. The molecule has 6 heteroatoms. The molecule has 2 rings (SSSR count). The Hall–Kier alpha value is -2.37. The molecule has 0 aliphatic heterocycles. The van der Waals surface area contributed by atoms with Crippen LogP contribution in [0.2, 0.25) is 0 Å². The number of nitrogens with zero attached hydrogens (tertiary/aromatic N) is 2. The summed E-state index contributed by atoms with van der Waals surface area (Å²) in [4.78, 5) is 20.1. The van der Waals surface area contributed by atoms with Crippen LogP contribution in [0.4, 0.5) is 5.82 Å². The third kappa shape index (κ3) is 4.08. The van der Waals surface area contributed by atoms with Crippen LogP contribution in [0, 0.1) is 0 Å². The fourth-order valence-electron chi connectivity index (χ4n) is 1.57. The van der Waals surface area contributed by atoms with Gasteiger partial charge >= 0.3 is 0 Å². The molecule has 0 spiro atoms. The minimum absolute atomic E-state index is 0.0995. The van der Waals surface area contributed by atoms with Crippen LogP contribution in [-0.2, 0) is 6.54 Å². The van der Waals surface area contributed by atoms with E-state index in [1.165, 1.54) is 6.20 Å². The van der Waals surface area contributed by atoms with Gasteiger partial charge in [-0.2, -0.15) is 0 Å². The Bertz CT molecular complexity index is 556. The van der Waals surface area contributed by atoms with E-state index in [1.54, 1.807) is 24.6 Å². The van der Waals surface area contributed by atoms with E-state index in [2.05, 4.69) is 20.6 Å². The Labute approximate surface area is 117 Å². The number of furan rings is 1. The number of hydrogen-bond acceptors (Lipinski definition) is 5. The van der Waals surface area contributed by atoms with Crippen molar-refractivity contribution in [3.8, 4) is 0 Å². The summed E-state index contributed by atoms with van der Waals surface area (Å²) in [6, 6.07) is 3.57. The fraction of sp³-hybridized carbons (Fsp3) is 0.357. The topological polar surface area (TPSA) is 80.0 Å². The molecule has 2 aromatic rings. The zero-order valence-corrected chi connectivity index (χ0v) is 11.8. The lowest BCUT2D eigenvalue weighted by molar-refractivity contribution is 0.0942. The SMILES string of the molecule is CC(C)(C)Nc1cnc(C(=O)NCc2ccco2)cn1. The van der Waals surface area contributed by atoms with Gasteiger partial charge in [0.15, 0.2) is 0 Å². The quantitative estimate of drug-likeness (QED) is 0.893. The van der Waals surface area contributed by atoms with Gasteiger partial charge in [-0.1, -0.05) is 0 Å². The van der Waals surface area contributed by atoms with Crippen molar-refractivity contribution in [1.82, 2.24) is 15.3 Å². The van der Waals surface area contributed by atoms with E-state index in [-0.39, 0.29) is 17.1 Å². The van der Waals surface area contributed by atoms with E-state index in [0.29, 0.717) is 18.1 Å². The number of amides is 1. The first-order valence-corrected chi connectivity index (χ1v) is 6.35. The lowest BCUT2D eigenvalue weighted by Crippen LogP contribution is -2.27. The van der Waals surface area contributed by atoms with Gasteiger partial charge in [0.1, 0.15) is 17.3 Å². The highest BCUT2D eigenvalue weighted by Gasteiger charge is 2.12. The van der Waals surface area contributed by atoms with Crippen molar-refractivity contribution in [3.63, 3.8) is 0 Å². The first kappa shape index (κ1) is 14.0. The Morgan fingerprint density at radius 1 is 1.30 bits per heavy atom. The summed E-state index contributed by atoms with van der Waals surface area (Å²) in [7, 11) is 0. The average molecular weight is 274 g/mol. The number of nitrogens with one attached hydrogen (secondary N) is 2. The molecule has 0 fully saturated rings. The van der Waals surface area contributed by atoms with Crippen LogP contribution < -0.4 is 10.6 Å². The third-order valence-electron chi connectivity index (χ3n) is 2.39. The molecule has 0 aromatic carbocycles. The zero-order chi connectivity index (χ0) is 14.6. The molecule has 0 aliphatic rings. The van der Waals surface area contributed by atoms with Gasteiger partial charge in [0, 0.05) is 5.54 Å². The van der Waals surface area contributed by atoms with Crippen LogP contribution in [0.5, 0.6) is 0 Å². The highest BCUT2D eigenvalue weighted by Crippen LogP contribution is 2.10. The van der Waals surface area contributed by atoms with Crippen molar-refractivity contribution in [2.45, 2.75) is 32.9 Å². The molecular weight excluding hydrogens is 256 g/mol. The van der Waals surface area contributed by atoms with Gasteiger partial charge in [0.2, 0.25) is 0 Å². The molecule has 6 nitrogen and oxygen atoms in total. The number of anilines is 1. The first-order chi connectivity index (χ1) is 9.44. The maximum absolute atomic E-state index is 11.9. The zero-order valence-electron chi connectivity index (χ0n) is 11.8. The van der Waals surface area contributed by atoms with Crippen LogP contribution in [-0.4, -0.2) is 21.4 Å². The number of aromatic nitrogens is 2. The maximum atomic E-state index is 11.9. The summed E-state index contributed by atoms with van der Waals surface area (Å²) in [5.74, 6) is 1.05. The predicted molar refractivity (Wildman–Crippen MR) is 75.3 cm³/mol. The minimum Gasteiger partial charge on any atom is -0.467 e. The van der Waals surface area contributed by atoms with Crippen LogP contribution in [0.15, 0.2) is 35.2 Å². The van der Waals surface area contributed by atoms with Gasteiger partial charge in [-0.25, -0.2) is 9.97 Å². The lowest BCUT2D eigenvalue weighted by atomic mass is 10.1. The van der Waals surface area contributed by atoms with Crippen LogP contribution in [0.25, 0.3) is 0 Å². The van der Waals surface area contributed by atoms with E-state index in [4.69, 9.17) is 4.42 Å². The molecule has 20 heavy (non-hydrogen) atoms. The largest absolute Gasteiger partial charge is 0.467 e.